The molecule has 0 aromatic carbocycles. The first-order valence-electron chi connectivity index (χ1n) is 18.8. The largest absolute Gasteiger partial charge is 0.480 e. The van der Waals surface area contributed by atoms with E-state index in [9.17, 15) is 19.5 Å². The van der Waals surface area contributed by atoms with Crippen molar-refractivity contribution in [3.8, 4) is 0 Å². The van der Waals surface area contributed by atoms with E-state index in [4.69, 9.17) is 10.5 Å². The van der Waals surface area contributed by atoms with Crippen LogP contribution in [0, 0.1) is 0 Å². The molecule has 0 radical (unpaired) electrons. The first-order valence-corrected chi connectivity index (χ1v) is 18.8. The maximum absolute atomic E-state index is 12.6. The van der Waals surface area contributed by atoms with Gasteiger partial charge in [-0.05, 0) is 89.7 Å². The van der Waals surface area contributed by atoms with Crippen molar-refractivity contribution in [3.05, 3.63) is 36.5 Å². The zero-order valence-electron chi connectivity index (χ0n) is 29.7. The molecule has 1 amide bonds. The van der Waals surface area contributed by atoms with Gasteiger partial charge < -0.3 is 20.9 Å². The van der Waals surface area contributed by atoms with Crippen molar-refractivity contribution in [2.45, 2.75) is 187 Å². The van der Waals surface area contributed by atoms with Crippen LogP contribution in [0.25, 0.3) is 0 Å². The van der Waals surface area contributed by atoms with E-state index < -0.39 is 12.0 Å². The number of nitrogens with one attached hydrogen (secondary N) is 1. The molecule has 0 aliphatic rings. The van der Waals surface area contributed by atoms with Crippen molar-refractivity contribution in [1.29, 1.82) is 0 Å². The van der Waals surface area contributed by atoms with E-state index in [1.807, 2.05) is 6.08 Å². The highest BCUT2D eigenvalue weighted by molar-refractivity contribution is 5.83. The van der Waals surface area contributed by atoms with Crippen LogP contribution < -0.4 is 11.1 Å². The third-order valence-electron chi connectivity index (χ3n) is 8.14. The third kappa shape index (κ3) is 30.3. The Hall–Kier alpha value is -2.41. The average molecular weight is 647 g/mol. The number of carboxylic acid groups (broad SMARTS) is 1. The number of carbonyl (C=O) groups excluding carboxylic acids is 2. The number of allylic oxidation sites excluding steroid dienone is 5. The number of hydrogen-bond donors (Lipinski definition) is 3. The molecular formula is C39H70N2O5. The van der Waals surface area contributed by atoms with Crippen LogP contribution in [0.4, 0.5) is 0 Å². The van der Waals surface area contributed by atoms with Gasteiger partial charge in [-0.1, -0.05) is 115 Å². The monoisotopic (exact) mass is 647 g/mol. The van der Waals surface area contributed by atoms with Crippen LogP contribution in [-0.2, 0) is 19.1 Å². The Bertz CT molecular complexity index is 823. The van der Waals surface area contributed by atoms with Crippen molar-refractivity contribution in [2.24, 2.45) is 5.73 Å². The van der Waals surface area contributed by atoms with Crippen LogP contribution in [0.3, 0.4) is 0 Å². The van der Waals surface area contributed by atoms with Crippen molar-refractivity contribution in [2.75, 3.05) is 6.54 Å². The van der Waals surface area contributed by atoms with Gasteiger partial charge in [-0.3, -0.25) is 9.59 Å². The minimum absolute atomic E-state index is 0.118. The normalized spacial score (nSPS) is 13.1. The number of carboxylic acids is 1. The number of carbonyl (C=O) groups is 3. The molecule has 0 aromatic heterocycles. The van der Waals surface area contributed by atoms with E-state index >= 15 is 0 Å². The minimum atomic E-state index is -1.02. The topological polar surface area (TPSA) is 119 Å². The van der Waals surface area contributed by atoms with Gasteiger partial charge in [-0.15, -0.1) is 0 Å². The quantitative estimate of drug-likeness (QED) is 0.0371. The Morgan fingerprint density at radius 3 is 1.87 bits per heavy atom. The highest BCUT2D eigenvalue weighted by Crippen LogP contribution is 2.15. The maximum Gasteiger partial charge on any atom is 0.326 e. The van der Waals surface area contributed by atoms with Gasteiger partial charge in [-0.25, -0.2) is 4.79 Å². The summed E-state index contributed by atoms with van der Waals surface area (Å²) >= 11 is 0. The lowest BCUT2D eigenvalue weighted by atomic mass is 10.1. The first-order chi connectivity index (χ1) is 22.4. The molecule has 0 fully saturated rings. The van der Waals surface area contributed by atoms with Gasteiger partial charge >= 0.3 is 11.9 Å². The molecule has 0 heterocycles. The summed E-state index contributed by atoms with van der Waals surface area (Å²) in [6.45, 7) is 4.82. The van der Waals surface area contributed by atoms with E-state index in [1.54, 1.807) is 0 Å². The number of aliphatic carboxylic acids is 1. The maximum atomic E-state index is 12.6. The lowest BCUT2D eigenvalue weighted by Gasteiger charge is -2.15. The molecular weight excluding hydrogens is 576 g/mol. The van der Waals surface area contributed by atoms with Gasteiger partial charge in [0.2, 0.25) is 5.91 Å². The molecule has 0 saturated heterocycles. The summed E-state index contributed by atoms with van der Waals surface area (Å²) in [5, 5.41) is 11.9. The Morgan fingerprint density at radius 2 is 1.24 bits per heavy atom. The van der Waals surface area contributed by atoms with Crippen molar-refractivity contribution < 1.29 is 24.2 Å². The van der Waals surface area contributed by atoms with Gasteiger partial charge in [0.05, 0.1) is 0 Å². The molecule has 2 atom stereocenters. The molecule has 266 valence electrons. The number of hydrogen-bond acceptors (Lipinski definition) is 5. The third-order valence-corrected chi connectivity index (χ3v) is 8.14. The summed E-state index contributed by atoms with van der Waals surface area (Å²) in [4.78, 5) is 36.1. The van der Waals surface area contributed by atoms with Crippen LogP contribution in [0.1, 0.15) is 174 Å². The first kappa shape index (κ1) is 43.6. The van der Waals surface area contributed by atoms with Crippen LogP contribution in [0.15, 0.2) is 36.5 Å². The zero-order chi connectivity index (χ0) is 33.9. The standard InChI is InChI=1S/C39H70N2O5/c1-3-5-7-9-11-12-13-14-15-16-17-18-19-21-27-33-38(43)46-35(29-24-20-10-8-6-4-2)30-25-22-23-26-32-37(42)41-36(39(44)45)31-28-34-40/h8,10,14-15,24,29,35-36H,3-7,9,11-13,16-23,25-28,30-34,40H2,1-2H3,(H,41,42)(H,44,45)/b10-8-,15-14-,29-24-. The van der Waals surface area contributed by atoms with Crippen LogP contribution in [-0.4, -0.2) is 41.6 Å². The van der Waals surface area contributed by atoms with Gasteiger partial charge in [-0.2, -0.15) is 0 Å². The fourth-order valence-corrected chi connectivity index (χ4v) is 5.28. The van der Waals surface area contributed by atoms with Crippen LogP contribution in [0.2, 0.25) is 0 Å². The number of unbranched alkanes of at least 4 members (excludes halogenated alkanes) is 15. The summed E-state index contributed by atoms with van der Waals surface area (Å²) in [5.41, 5.74) is 5.46. The van der Waals surface area contributed by atoms with E-state index in [0.717, 1.165) is 70.6 Å². The number of rotatable bonds is 33. The second kappa shape index (κ2) is 33.9. The van der Waals surface area contributed by atoms with E-state index in [-0.39, 0.29) is 18.0 Å². The van der Waals surface area contributed by atoms with Crippen LogP contribution >= 0.6 is 0 Å². The Morgan fingerprint density at radius 1 is 0.652 bits per heavy atom. The predicted molar refractivity (Wildman–Crippen MR) is 193 cm³/mol. The molecule has 0 aliphatic carbocycles. The number of esters is 1. The number of nitrogens with two attached hydrogens (primary N) is 1. The number of amides is 1. The van der Waals surface area contributed by atoms with Gasteiger partial charge in [0.15, 0.2) is 0 Å². The van der Waals surface area contributed by atoms with Crippen molar-refractivity contribution in [3.63, 3.8) is 0 Å². The minimum Gasteiger partial charge on any atom is -0.480 e. The summed E-state index contributed by atoms with van der Waals surface area (Å²) in [6.07, 6.45) is 37.8. The lowest BCUT2D eigenvalue weighted by Crippen LogP contribution is -2.40. The molecule has 2 unspecified atom stereocenters. The molecule has 0 saturated carbocycles. The summed E-state index contributed by atoms with van der Waals surface area (Å²) in [6, 6.07) is -0.873. The molecule has 0 aromatic rings. The van der Waals surface area contributed by atoms with Crippen molar-refractivity contribution in [1.82, 2.24) is 5.32 Å². The summed E-state index contributed by atoms with van der Waals surface area (Å²) in [7, 11) is 0. The van der Waals surface area contributed by atoms with Gasteiger partial charge in [0.25, 0.3) is 0 Å². The van der Waals surface area contributed by atoms with E-state index in [0.29, 0.717) is 38.6 Å². The molecule has 0 spiro atoms. The summed E-state index contributed by atoms with van der Waals surface area (Å²) in [5.74, 6) is -1.37. The zero-order valence-corrected chi connectivity index (χ0v) is 29.7. The molecule has 7 nitrogen and oxygen atoms in total. The molecule has 46 heavy (non-hydrogen) atoms. The summed E-state index contributed by atoms with van der Waals surface area (Å²) < 4.78 is 5.85. The molecule has 0 bridgehead atoms. The van der Waals surface area contributed by atoms with E-state index in [1.165, 1.54) is 57.8 Å². The fourth-order valence-electron chi connectivity index (χ4n) is 5.28. The van der Waals surface area contributed by atoms with E-state index in [2.05, 4.69) is 49.5 Å². The van der Waals surface area contributed by atoms with Crippen molar-refractivity contribution >= 4 is 17.8 Å². The highest BCUT2D eigenvalue weighted by Gasteiger charge is 2.19. The van der Waals surface area contributed by atoms with Crippen LogP contribution in [0.5, 0.6) is 0 Å². The Labute approximate surface area is 282 Å². The SMILES string of the molecule is CCC/C=C\C/C=C\C(CCCCCCC(=O)NC(CCCN)C(=O)O)OC(=O)CCCCCCC/C=C\CCCCCCCC. The second-order valence-electron chi connectivity index (χ2n) is 12.6. The molecule has 4 N–H and O–H groups in total. The predicted octanol–water partition coefficient (Wildman–Crippen LogP) is 9.89. The highest BCUT2D eigenvalue weighted by atomic mass is 16.5. The number of ether oxygens (including phenoxy) is 1. The molecule has 7 heteroatoms. The Balaban J connectivity index is 4.24. The smallest absolute Gasteiger partial charge is 0.326 e. The Kier molecular flexibility index (Phi) is 32.2. The average Bonchev–Trinajstić information content (AvgIpc) is 3.04. The molecule has 0 rings (SSSR count). The fraction of sp³-hybridized carbons (Fsp3) is 0.769. The second-order valence-corrected chi connectivity index (χ2v) is 12.6. The van der Waals surface area contributed by atoms with Gasteiger partial charge in [0.1, 0.15) is 12.1 Å². The van der Waals surface area contributed by atoms with Gasteiger partial charge in [0, 0.05) is 12.8 Å². The lowest BCUT2D eigenvalue weighted by molar-refractivity contribution is -0.147. The molecule has 0 aliphatic heterocycles.